The fourth-order valence-corrected chi connectivity index (χ4v) is 2.54. The Morgan fingerprint density at radius 3 is 2.38 bits per heavy atom. The Kier molecular flexibility index (Phi) is 5.94. The second-order valence-corrected chi connectivity index (χ2v) is 7.91. The van der Waals surface area contributed by atoms with Gasteiger partial charge in [0.05, 0.1) is 23.9 Å². The molecule has 0 fully saturated rings. The quantitative estimate of drug-likeness (QED) is 0.686. The minimum atomic E-state index is -3.71. The smallest absolute Gasteiger partial charge is 0.305 e. The van der Waals surface area contributed by atoms with Gasteiger partial charge in [0.1, 0.15) is 5.82 Å². The van der Waals surface area contributed by atoms with Crippen LogP contribution in [0, 0.1) is 11.7 Å². The van der Waals surface area contributed by atoms with Gasteiger partial charge in [0.2, 0.25) is 10.0 Å². The van der Waals surface area contributed by atoms with Gasteiger partial charge in [-0.3, -0.25) is 14.3 Å². The molecule has 9 heteroatoms. The molecule has 1 unspecified atom stereocenters. The summed E-state index contributed by atoms with van der Waals surface area (Å²) in [6.45, 7) is 5.14. The topological polar surface area (TPSA) is 113 Å². The molecule has 1 rings (SSSR count). The van der Waals surface area contributed by atoms with Crippen LogP contribution in [0.4, 0.5) is 10.1 Å². The molecule has 0 aliphatic carbocycles. The largest absolute Gasteiger partial charge is 0.481 e. The standard InChI is InChI=1S/C15H21FN2O5S/c1-9(2)15(3,8-13(19)20)17-14(21)10-5-6-11(16)12(7-10)18-24(4,22)23/h5-7,9,18H,8H2,1-4H3,(H,17,21)(H,19,20). The van der Waals surface area contributed by atoms with Gasteiger partial charge in [0.15, 0.2) is 0 Å². The lowest BCUT2D eigenvalue weighted by molar-refractivity contribution is -0.138. The Bertz CT molecular complexity index is 748. The first-order valence-electron chi connectivity index (χ1n) is 7.16. The van der Waals surface area contributed by atoms with Crippen LogP contribution >= 0.6 is 0 Å². The maximum Gasteiger partial charge on any atom is 0.305 e. The average molecular weight is 360 g/mol. The molecule has 3 N–H and O–H groups in total. The molecule has 0 bridgehead atoms. The summed E-state index contributed by atoms with van der Waals surface area (Å²) in [4.78, 5) is 23.4. The molecule has 0 saturated heterocycles. The van der Waals surface area contributed by atoms with E-state index in [1.807, 2.05) is 4.72 Å². The fraction of sp³-hybridized carbons (Fsp3) is 0.467. The molecule has 24 heavy (non-hydrogen) atoms. The van der Waals surface area contributed by atoms with Gasteiger partial charge in [0, 0.05) is 5.56 Å². The van der Waals surface area contributed by atoms with Crippen LogP contribution in [0.2, 0.25) is 0 Å². The molecular formula is C15H21FN2O5S. The molecule has 1 aromatic rings. The molecule has 0 spiro atoms. The van der Waals surface area contributed by atoms with Crippen LogP contribution in [0.3, 0.4) is 0 Å². The molecule has 0 aliphatic rings. The summed E-state index contributed by atoms with van der Waals surface area (Å²) >= 11 is 0. The molecule has 134 valence electrons. The lowest BCUT2D eigenvalue weighted by Gasteiger charge is -2.33. The second-order valence-electron chi connectivity index (χ2n) is 6.17. The van der Waals surface area contributed by atoms with E-state index in [0.29, 0.717) is 0 Å². The van der Waals surface area contributed by atoms with Crippen LogP contribution in [-0.2, 0) is 14.8 Å². The summed E-state index contributed by atoms with van der Waals surface area (Å²) in [5.41, 5.74) is -1.35. The van der Waals surface area contributed by atoms with Gasteiger partial charge in [-0.1, -0.05) is 13.8 Å². The van der Waals surface area contributed by atoms with E-state index in [0.717, 1.165) is 18.4 Å². The molecular weight excluding hydrogens is 339 g/mol. The summed E-state index contributed by atoms with van der Waals surface area (Å²) in [5, 5.41) is 11.6. The third-order valence-electron chi connectivity index (χ3n) is 3.72. The predicted octanol–water partition coefficient (Wildman–Crippen LogP) is 1.82. The lowest BCUT2D eigenvalue weighted by Crippen LogP contribution is -2.51. The lowest BCUT2D eigenvalue weighted by atomic mass is 9.85. The summed E-state index contributed by atoms with van der Waals surface area (Å²) in [6.07, 6.45) is 0.577. The van der Waals surface area contributed by atoms with Crippen molar-refractivity contribution in [2.24, 2.45) is 5.92 Å². The van der Waals surface area contributed by atoms with Crippen LogP contribution in [-0.4, -0.2) is 37.2 Å². The number of halogens is 1. The number of benzene rings is 1. The molecule has 0 saturated carbocycles. The number of sulfonamides is 1. The Morgan fingerprint density at radius 1 is 1.33 bits per heavy atom. The fourth-order valence-electron chi connectivity index (χ4n) is 1.98. The van der Waals surface area contributed by atoms with Gasteiger partial charge < -0.3 is 10.4 Å². The zero-order valence-corrected chi connectivity index (χ0v) is 14.7. The highest BCUT2D eigenvalue weighted by Gasteiger charge is 2.33. The number of aliphatic carboxylic acids is 1. The first-order valence-corrected chi connectivity index (χ1v) is 9.05. The number of carboxylic acid groups (broad SMARTS) is 1. The van der Waals surface area contributed by atoms with Gasteiger partial charge in [-0.2, -0.15) is 0 Å². The SMILES string of the molecule is CC(C)C(C)(CC(=O)O)NC(=O)c1ccc(F)c(NS(C)(=O)=O)c1. The summed E-state index contributed by atoms with van der Waals surface area (Å²) in [7, 11) is -3.71. The van der Waals surface area contributed by atoms with E-state index < -0.39 is 33.3 Å². The first kappa shape index (κ1) is 19.9. The van der Waals surface area contributed by atoms with E-state index in [4.69, 9.17) is 5.11 Å². The third kappa shape index (κ3) is 5.48. The molecule has 0 aliphatic heterocycles. The molecule has 0 heterocycles. The van der Waals surface area contributed by atoms with Crippen molar-refractivity contribution in [3.8, 4) is 0 Å². The molecule has 1 amide bonds. The highest BCUT2D eigenvalue weighted by Crippen LogP contribution is 2.23. The number of hydrogen-bond acceptors (Lipinski definition) is 4. The Balaban J connectivity index is 3.11. The number of rotatable bonds is 7. The van der Waals surface area contributed by atoms with Crippen molar-refractivity contribution in [3.05, 3.63) is 29.6 Å². The number of carboxylic acids is 1. The van der Waals surface area contributed by atoms with Crippen molar-refractivity contribution < 1.29 is 27.5 Å². The van der Waals surface area contributed by atoms with Gasteiger partial charge >= 0.3 is 5.97 Å². The van der Waals surface area contributed by atoms with E-state index in [1.165, 1.54) is 6.07 Å². The van der Waals surface area contributed by atoms with Crippen molar-refractivity contribution >= 4 is 27.6 Å². The molecule has 0 radical (unpaired) electrons. The van der Waals surface area contributed by atoms with E-state index >= 15 is 0 Å². The maximum absolute atomic E-state index is 13.7. The number of nitrogens with one attached hydrogen (secondary N) is 2. The van der Waals surface area contributed by atoms with E-state index in [2.05, 4.69) is 5.32 Å². The van der Waals surface area contributed by atoms with Crippen molar-refractivity contribution in [1.29, 1.82) is 0 Å². The zero-order chi connectivity index (χ0) is 18.7. The van der Waals surface area contributed by atoms with Gasteiger partial charge in [-0.25, -0.2) is 12.8 Å². The van der Waals surface area contributed by atoms with Crippen LogP contribution in [0.15, 0.2) is 18.2 Å². The molecule has 1 atom stereocenters. The number of amides is 1. The summed E-state index contributed by atoms with van der Waals surface area (Å²) < 4.78 is 38.1. The Morgan fingerprint density at radius 2 is 1.92 bits per heavy atom. The van der Waals surface area contributed by atoms with E-state index in [1.54, 1.807) is 20.8 Å². The molecule has 7 nitrogen and oxygen atoms in total. The Hall–Kier alpha value is -2.16. The Labute approximate surface area is 140 Å². The minimum Gasteiger partial charge on any atom is -0.481 e. The van der Waals surface area contributed by atoms with Crippen molar-refractivity contribution in [2.75, 3.05) is 11.0 Å². The highest BCUT2D eigenvalue weighted by atomic mass is 32.2. The van der Waals surface area contributed by atoms with E-state index in [-0.39, 0.29) is 23.6 Å². The number of anilines is 1. The number of carbonyl (C=O) groups excluding carboxylic acids is 1. The van der Waals surface area contributed by atoms with E-state index in [9.17, 15) is 22.4 Å². The van der Waals surface area contributed by atoms with Crippen LogP contribution in [0.25, 0.3) is 0 Å². The summed E-state index contributed by atoms with van der Waals surface area (Å²) in [5.74, 6) is -2.69. The van der Waals surface area contributed by atoms with Crippen LogP contribution in [0.1, 0.15) is 37.6 Å². The van der Waals surface area contributed by atoms with Crippen molar-refractivity contribution in [3.63, 3.8) is 0 Å². The normalized spacial score (nSPS) is 14.1. The monoisotopic (exact) mass is 360 g/mol. The first-order chi connectivity index (χ1) is 10.8. The van der Waals surface area contributed by atoms with Crippen LogP contribution < -0.4 is 10.0 Å². The summed E-state index contributed by atoms with van der Waals surface area (Å²) in [6, 6.07) is 3.22. The van der Waals surface area contributed by atoms with Crippen molar-refractivity contribution in [2.45, 2.75) is 32.7 Å². The molecule has 1 aromatic carbocycles. The van der Waals surface area contributed by atoms with Gasteiger partial charge in [-0.15, -0.1) is 0 Å². The second kappa shape index (κ2) is 7.16. The number of hydrogen-bond donors (Lipinski definition) is 3. The predicted molar refractivity (Wildman–Crippen MR) is 87.8 cm³/mol. The highest BCUT2D eigenvalue weighted by molar-refractivity contribution is 7.92. The molecule has 0 aromatic heterocycles. The zero-order valence-electron chi connectivity index (χ0n) is 13.9. The van der Waals surface area contributed by atoms with Crippen molar-refractivity contribution in [1.82, 2.24) is 5.32 Å². The number of carbonyl (C=O) groups is 2. The average Bonchev–Trinajstić information content (AvgIpc) is 2.38. The van der Waals surface area contributed by atoms with Gasteiger partial charge in [-0.05, 0) is 31.0 Å². The van der Waals surface area contributed by atoms with Gasteiger partial charge in [0.25, 0.3) is 5.91 Å². The minimum absolute atomic E-state index is 0.0137. The van der Waals surface area contributed by atoms with Crippen LogP contribution in [0.5, 0.6) is 0 Å². The third-order valence-corrected chi connectivity index (χ3v) is 4.31. The maximum atomic E-state index is 13.7.